The van der Waals surface area contributed by atoms with Crippen LogP contribution in [0.2, 0.25) is 0 Å². The van der Waals surface area contributed by atoms with E-state index in [0.29, 0.717) is 5.82 Å². The Morgan fingerprint density at radius 2 is 2.09 bits per heavy atom. The van der Waals surface area contributed by atoms with Crippen LogP contribution >= 0.6 is 0 Å². The van der Waals surface area contributed by atoms with Crippen molar-refractivity contribution in [2.75, 3.05) is 5.32 Å². The summed E-state index contributed by atoms with van der Waals surface area (Å²) in [7, 11) is 1.41. The van der Waals surface area contributed by atoms with Gasteiger partial charge in [-0.1, -0.05) is 0 Å². The molecule has 3 rings (SSSR count). The van der Waals surface area contributed by atoms with E-state index in [2.05, 4.69) is 30.6 Å². The molecule has 0 saturated carbocycles. The minimum Gasteiger partial charge on any atom is -0.306 e. The Kier molecular flexibility index (Phi) is 3.51. The monoisotopic (exact) mass is 314 g/mol. The molecule has 116 valence electrons. The molecule has 0 aliphatic heterocycles. The highest BCUT2D eigenvalue weighted by Gasteiger charge is 2.12. The number of aromatic amines is 1. The summed E-state index contributed by atoms with van der Waals surface area (Å²) in [5, 5.41) is 14.0. The van der Waals surface area contributed by atoms with Gasteiger partial charge in [0.05, 0.1) is 0 Å². The second-order valence-corrected chi connectivity index (χ2v) is 4.45. The number of amides is 1. The van der Waals surface area contributed by atoms with Crippen molar-refractivity contribution in [2.24, 2.45) is 7.05 Å². The summed E-state index contributed by atoms with van der Waals surface area (Å²) in [4.78, 5) is 40.7. The van der Waals surface area contributed by atoms with E-state index in [9.17, 15) is 14.4 Å². The first-order valence-corrected chi connectivity index (χ1v) is 6.35. The molecule has 0 atom stereocenters. The molecule has 0 bridgehead atoms. The molecule has 3 heterocycles. The number of nitrogens with one attached hydrogen (secondary N) is 2. The Balaban J connectivity index is 1.84. The van der Waals surface area contributed by atoms with Crippen molar-refractivity contribution in [1.29, 1.82) is 0 Å². The number of hydrogen-bond acceptors (Lipinski definition) is 7. The van der Waals surface area contributed by atoms with Crippen molar-refractivity contribution in [2.45, 2.75) is 0 Å². The SMILES string of the molecule is Cn1c(NC(=O)c2ccc(-n3cncn3)nn2)cc(=O)[nH]c1=O. The van der Waals surface area contributed by atoms with Crippen LogP contribution < -0.4 is 16.6 Å². The molecule has 3 aromatic rings. The van der Waals surface area contributed by atoms with Crippen LogP contribution in [0.4, 0.5) is 5.82 Å². The minimum absolute atomic E-state index is 0.0154. The van der Waals surface area contributed by atoms with Gasteiger partial charge in [-0.05, 0) is 12.1 Å². The number of carbonyl (C=O) groups excluding carboxylic acids is 1. The summed E-state index contributed by atoms with van der Waals surface area (Å²) in [6.07, 6.45) is 2.78. The molecule has 0 aliphatic carbocycles. The smallest absolute Gasteiger partial charge is 0.306 e. The molecule has 0 aliphatic rings. The third kappa shape index (κ3) is 2.88. The van der Waals surface area contributed by atoms with E-state index < -0.39 is 17.2 Å². The molecule has 1 amide bonds. The lowest BCUT2D eigenvalue weighted by molar-refractivity contribution is 0.102. The van der Waals surface area contributed by atoms with Crippen LogP contribution in [0.25, 0.3) is 5.82 Å². The van der Waals surface area contributed by atoms with Crippen LogP contribution in [0, 0.1) is 0 Å². The van der Waals surface area contributed by atoms with Gasteiger partial charge >= 0.3 is 5.69 Å². The summed E-state index contributed by atoms with van der Waals surface area (Å²) < 4.78 is 2.48. The van der Waals surface area contributed by atoms with Crippen molar-refractivity contribution < 1.29 is 4.79 Å². The molecule has 0 fully saturated rings. The van der Waals surface area contributed by atoms with Gasteiger partial charge in [-0.25, -0.2) is 14.5 Å². The zero-order valence-electron chi connectivity index (χ0n) is 11.8. The predicted molar refractivity (Wildman–Crippen MR) is 77.2 cm³/mol. The molecule has 0 aromatic carbocycles. The molecule has 0 spiro atoms. The lowest BCUT2D eigenvalue weighted by Gasteiger charge is -2.08. The Morgan fingerprint density at radius 3 is 2.74 bits per heavy atom. The summed E-state index contributed by atoms with van der Waals surface area (Å²) in [5.41, 5.74) is -1.24. The predicted octanol–water partition coefficient (Wildman–Crippen LogP) is -1.30. The van der Waals surface area contributed by atoms with E-state index in [4.69, 9.17) is 0 Å². The fourth-order valence-electron chi connectivity index (χ4n) is 1.75. The molecule has 3 aromatic heterocycles. The normalized spacial score (nSPS) is 10.5. The fraction of sp³-hybridized carbons (Fsp3) is 0.0833. The molecule has 0 unspecified atom stereocenters. The lowest BCUT2D eigenvalue weighted by Crippen LogP contribution is -2.31. The number of rotatable bonds is 3. The lowest BCUT2D eigenvalue weighted by atomic mass is 10.3. The van der Waals surface area contributed by atoms with E-state index >= 15 is 0 Å². The molecule has 2 N–H and O–H groups in total. The quantitative estimate of drug-likeness (QED) is 0.612. The topological polar surface area (TPSA) is 140 Å². The van der Waals surface area contributed by atoms with E-state index in [0.717, 1.165) is 10.6 Å². The largest absolute Gasteiger partial charge is 0.329 e. The van der Waals surface area contributed by atoms with Crippen LogP contribution in [0.1, 0.15) is 10.5 Å². The summed E-state index contributed by atoms with van der Waals surface area (Å²) >= 11 is 0. The van der Waals surface area contributed by atoms with E-state index in [1.807, 2.05) is 0 Å². The second-order valence-electron chi connectivity index (χ2n) is 4.45. The van der Waals surface area contributed by atoms with Gasteiger partial charge in [0.1, 0.15) is 18.5 Å². The molecule has 0 saturated heterocycles. The van der Waals surface area contributed by atoms with Crippen LogP contribution in [-0.2, 0) is 7.05 Å². The van der Waals surface area contributed by atoms with Gasteiger partial charge in [0.2, 0.25) is 0 Å². The van der Waals surface area contributed by atoms with E-state index in [1.54, 1.807) is 0 Å². The first-order chi connectivity index (χ1) is 11.0. The number of nitrogens with zero attached hydrogens (tertiary/aromatic N) is 6. The standard InChI is InChI=1S/C12H10N8O3/c1-19-9(4-10(21)16-12(19)23)15-11(22)7-2-3-8(18-17-7)20-6-13-5-14-20/h2-6H,1H3,(H,15,22)(H,16,21,23). The first kappa shape index (κ1) is 14.3. The van der Waals surface area contributed by atoms with Crippen LogP contribution in [0.3, 0.4) is 0 Å². The second kappa shape index (κ2) is 5.63. The van der Waals surface area contributed by atoms with Gasteiger partial charge in [0.15, 0.2) is 11.5 Å². The average Bonchev–Trinajstić information content (AvgIpc) is 3.06. The third-order valence-corrected chi connectivity index (χ3v) is 2.94. The molecule has 11 nitrogen and oxygen atoms in total. The maximum Gasteiger partial charge on any atom is 0.329 e. The first-order valence-electron chi connectivity index (χ1n) is 6.35. The maximum absolute atomic E-state index is 12.1. The fourth-order valence-corrected chi connectivity index (χ4v) is 1.75. The number of carbonyl (C=O) groups is 1. The Labute approximate surface area is 127 Å². The molecule has 23 heavy (non-hydrogen) atoms. The van der Waals surface area contributed by atoms with Crippen molar-refractivity contribution in [1.82, 2.24) is 34.5 Å². The van der Waals surface area contributed by atoms with Gasteiger partial charge in [0.25, 0.3) is 11.5 Å². The van der Waals surface area contributed by atoms with Gasteiger partial charge < -0.3 is 5.32 Å². The summed E-state index contributed by atoms with van der Waals surface area (Å²) in [6, 6.07) is 4.06. The van der Waals surface area contributed by atoms with Gasteiger partial charge in [-0.2, -0.15) is 5.10 Å². The van der Waals surface area contributed by atoms with Crippen molar-refractivity contribution in [3.8, 4) is 5.82 Å². The zero-order valence-corrected chi connectivity index (χ0v) is 11.8. The van der Waals surface area contributed by atoms with Crippen LogP contribution in [0.5, 0.6) is 0 Å². The summed E-state index contributed by atoms with van der Waals surface area (Å²) in [6.45, 7) is 0. The van der Waals surface area contributed by atoms with Crippen molar-refractivity contribution in [3.63, 3.8) is 0 Å². The van der Waals surface area contributed by atoms with Crippen LogP contribution in [0.15, 0.2) is 40.4 Å². The number of hydrogen-bond donors (Lipinski definition) is 2. The van der Waals surface area contributed by atoms with Crippen molar-refractivity contribution in [3.05, 3.63) is 57.4 Å². The Hall–Kier alpha value is -3.63. The Bertz CT molecular complexity index is 955. The van der Waals surface area contributed by atoms with Gasteiger partial charge in [0, 0.05) is 13.1 Å². The highest BCUT2D eigenvalue weighted by Crippen LogP contribution is 2.04. The molecule has 0 radical (unpaired) electrons. The van der Waals surface area contributed by atoms with Crippen LogP contribution in [-0.4, -0.2) is 40.4 Å². The molecule has 11 heteroatoms. The highest BCUT2D eigenvalue weighted by molar-refractivity contribution is 6.02. The van der Waals surface area contributed by atoms with E-state index in [-0.39, 0.29) is 11.5 Å². The minimum atomic E-state index is -0.639. The maximum atomic E-state index is 12.1. The summed E-state index contributed by atoms with van der Waals surface area (Å²) in [5.74, 6) is -0.170. The van der Waals surface area contributed by atoms with Gasteiger partial charge in [-0.15, -0.1) is 10.2 Å². The van der Waals surface area contributed by atoms with E-state index in [1.165, 1.54) is 36.5 Å². The molecular formula is C12H10N8O3. The number of H-pyrrole nitrogens is 1. The number of anilines is 1. The molecular weight excluding hydrogens is 304 g/mol. The third-order valence-electron chi connectivity index (χ3n) is 2.94. The van der Waals surface area contributed by atoms with Gasteiger partial charge in [-0.3, -0.25) is 19.1 Å². The number of aromatic nitrogens is 7. The van der Waals surface area contributed by atoms with Crippen molar-refractivity contribution >= 4 is 11.7 Å². The highest BCUT2D eigenvalue weighted by atomic mass is 16.2. The average molecular weight is 314 g/mol. The Morgan fingerprint density at radius 1 is 1.26 bits per heavy atom. The zero-order chi connectivity index (χ0) is 16.4.